The van der Waals surface area contributed by atoms with Gasteiger partial charge >= 0.3 is 19.3 Å². The van der Waals surface area contributed by atoms with Gasteiger partial charge < -0.3 is 35.5 Å². The van der Waals surface area contributed by atoms with Crippen molar-refractivity contribution in [2.75, 3.05) is 37.6 Å². The number of amides is 3. The zero-order valence-corrected chi connectivity index (χ0v) is 28.0. The van der Waals surface area contributed by atoms with Crippen LogP contribution in [0.3, 0.4) is 0 Å². The highest BCUT2D eigenvalue weighted by Crippen LogP contribution is 2.51. The summed E-state index contributed by atoms with van der Waals surface area (Å²) >= 11 is 1.92. The van der Waals surface area contributed by atoms with Gasteiger partial charge in [0.05, 0.1) is 31.8 Å². The lowest BCUT2D eigenvalue weighted by Crippen LogP contribution is -2.36. The van der Waals surface area contributed by atoms with E-state index in [-0.39, 0.29) is 49.3 Å². The quantitative estimate of drug-likeness (QED) is 0.0845. The Morgan fingerprint density at radius 1 is 1.07 bits per heavy atom. The van der Waals surface area contributed by atoms with Gasteiger partial charge in [-0.1, -0.05) is 57.8 Å². The first kappa shape index (κ1) is 35.7. The summed E-state index contributed by atoms with van der Waals surface area (Å²) in [6.45, 7) is 1.47. The Bertz CT molecular complexity index is 1180. The van der Waals surface area contributed by atoms with Crippen LogP contribution in [0.4, 0.5) is 10.6 Å². The molecule has 0 aromatic carbocycles. The predicted octanol–water partition coefficient (Wildman–Crippen LogP) is 4.15. The molecule has 1 aromatic heterocycles. The number of unbranched alkanes of at least 4 members (excludes halogenated alkanes) is 10. The van der Waals surface area contributed by atoms with E-state index in [0.717, 1.165) is 63.7 Å². The molecule has 3 aliphatic rings. The fourth-order valence-corrected chi connectivity index (χ4v) is 8.86. The summed E-state index contributed by atoms with van der Waals surface area (Å²) < 4.78 is 30.8. The first-order chi connectivity index (χ1) is 21.8. The number of hydrogen-bond acceptors (Lipinski definition) is 10. The minimum Gasteiger partial charge on any atom is -0.383 e. The van der Waals surface area contributed by atoms with Gasteiger partial charge in [-0.15, -0.1) is 0 Å². The summed E-state index contributed by atoms with van der Waals surface area (Å²) in [5.41, 5.74) is 5.05. The highest BCUT2D eigenvalue weighted by atomic mass is 32.2. The number of rotatable bonds is 21. The van der Waals surface area contributed by atoms with E-state index >= 15 is 0 Å². The molecule has 45 heavy (non-hydrogen) atoms. The Kier molecular flexibility index (Phi) is 15.0. The van der Waals surface area contributed by atoms with Crippen LogP contribution in [0.1, 0.15) is 89.9 Å². The van der Waals surface area contributed by atoms with Crippen LogP contribution in [0.15, 0.2) is 17.1 Å². The third-order valence-electron chi connectivity index (χ3n) is 8.48. The molecule has 4 heterocycles. The summed E-state index contributed by atoms with van der Waals surface area (Å²) in [7, 11) is -3.26. The molecule has 5 N–H and O–H groups in total. The predicted molar refractivity (Wildman–Crippen MR) is 175 cm³/mol. The molecule has 0 aliphatic carbocycles. The number of hydrogen-bond donors (Lipinski definition) is 4. The van der Waals surface area contributed by atoms with Crippen LogP contribution in [-0.4, -0.2) is 76.8 Å². The van der Waals surface area contributed by atoms with Gasteiger partial charge in [0.25, 0.3) is 0 Å². The zero-order chi connectivity index (χ0) is 31.9. The van der Waals surface area contributed by atoms with Gasteiger partial charge in [-0.05, 0) is 31.7 Å². The van der Waals surface area contributed by atoms with Crippen molar-refractivity contribution in [1.29, 1.82) is 0 Å². The van der Waals surface area contributed by atoms with E-state index in [9.17, 15) is 18.9 Å². The molecule has 0 radical (unpaired) electrons. The fraction of sp³-hybridized carbons (Fsp3) is 0.800. The summed E-state index contributed by atoms with van der Waals surface area (Å²) in [6.07, 6.45) is 15.7. The molecular formula is C30H51N6O7PS. The van der Waals surface area contributed by atoms with Gasteiger partial charge in [0, 0.05) is 30.2 Å². The first-order valence-electron chi connectivity index (χ1n) is 16.6. The van der Waals surface area contributed by atoms with E-state index in [1.807, 2.05) is 11.8 Å². The van der Waals surface area contributed by atoms with Crippen molar-refractivity contribution in [2.45, 2.75) is 120 Å². The molecule has 254 valence electrons. The SMILES string of the molecule is Nc1ccn(CC2COP(=O)(OCCCCCCCCCCCCNC(=O)CCCCC3SC[C@@H]4NC(=O)N[C@H]34)CO2)c(=O)n1. The summed E-state index contributed by atoms with van der Waals surface area (Å²) in [5, 5.41) is 9.51. The smallest absolute Gasteiger partial charge is 0.356 e. The molecule has 15 heteroatoms. The molecule has 1 aromatic rings. The molecule has 3 aliphatic heterocycles. The highest BCUT2D eigenvalue weighted by Gasteiger charge is 2.42. The fourth-order valence-electron chi connectivity index (χ4n) is 5.89. The largest absolute Gasteiger partial charge is 0.383 e. The van der Waals surface area contributed by atoms with Crippen LogP contribution in [-0.2, 0) is 29.7 Å². The summed E-state index contributed by atoms with van der Waals surface area (Å²) in [5.74, 6) is 1.29. The average Bonchev–Trinajstić information content (AvgIpc) is 3.57. The third-order valence-corrected chi connectivity index (χ3v) is 11.6. The third kappa shape index (κ3) is 12.5. The normalized spacial score (nSPS) is 25.9. The second-order valence-corrected chi connectivity index (χ2v) is 15.5. The standard InChI is InChI=1S/C30H51N6O7PS/c31-26-15-17-36(30(39)34-26)19-23-20-43-44(40,22-41-23)42-18-12-8-6-4-2-1-3-5-7-11-16-32-27(37)14-10-9-13-25-28-24(21-45-25)33-29(38)35-28/h15,17,23-25,28H,1-14,16,18-22H2,(H,32,37)(H2,31,34,39)(H2,33,35,38)/t23?,24-,25?,28-,44?/m0/s1. The van der Waals surface area contributed by atoms with Gasteiger partial charge in [0.15, 0.2) is 0 Å². The Balaban J connectivity index is 0.878. The van der Waals surface area contributed by atoms with Crippen molar-refractivity contribution in [1.82, 2.24) is 25.5 Å². The van der Waals surface area contributed by atoms with Gasteiger partial charge in [-0.3, -0.25) is 13.9 Å². The van der Waals surface area contributed by atoms with Gasteiger partial charge in [0.2, 0.25) is 5.91 Å². The molecule has 13 nitrogen and oxygen atoms in total. The molecule has 3 fully saturated rings. The molecule has 5 atom stereocenters. The van der Waals surface area contributed by atoms with Crippen molar-refractivity contribution >= 4 is 37.1 Å². The lowest BCUT2D eigenvalue weighted by Gasteiger charge is -2.29. The van der Waals surface area contributed by atoms with Crippen LogP contribution in [0.2, 0.25) is 0 Å². The highest BCUT2D eigenvalue weighted by molar-refractivity contribution is 8.00. The van der Waals surface area contributed by atoms with E-state index in [1.165, 1.54) is 42.7 Å². The molecule has 0 bridgehead atoms. The molecular weight excluding hydrogens is 619 g/mol. The maximum atomic E-state index is 12.7. The van der Waals surface area contributed by atoms with Crippen molar-refractivity contribution in [2.24, 2.45) is 0 Å². The number of ether oxygens (including phenoxy) is 1. The number of nitrogens with two attached hydrogens (primary N) is 1. The number of nitrogens with zero attached hydrogens (tertiary/aromatic N) is 2. The summed E-state index contributed by atoms with van der Waals surface area (Å²) in [4.78, 5) is 39.1. The maximum Gasteiger partial charge on any atom is 0.356 e. The Labute approximate surface area is 270 Å². The average molecular weight is 671 g/mol. The van der Waals surface area contributed by atoms with Crippen LogP contribution in [0, 0.1) is 0 Å². The number of urea groups is 1. The van der Waals surface area contributed by atoms with Crippen molar-refractivity contribution < 1.29 is 27.9 Å². The number of anilines is 1. The number of fused-ring (bicyclic) bond motifs is 1. The van der Waals surface area contributed by atoms with Gasteiger partial charge in [0.1, 0.15) is 18.3 Å². The number of nitrogens with one attached hydrogen (secondary N) is 3. The number of aromatic nitrogens is 2. The Morgan fingerprint density at radius 2 is 1.80 bits per heavy atom. The lowest BCUT2D eigenvalue weighted by atomic mass is 10.0. The second kappa shape index (κ2) is 18.9. The molecule has 0 spiro atoms. The van der Waals surface area contributed by atoms with Crippen LogP contribution in [0.5, 0.6) is 0 Å². The van der Waals surface area contributed by atoms with Crippen LogP contribution >= 0.6 is 19.4 Å². The van der Waals surface area contributed by atoms with Crippen LogP contribution in [0.25, 0.3) is 0 Å². The molecule has 4 rings (SSSR count). The van der Waals surface area contributed by atoms with Crippen molar-refractivity contribution in [3.63, 3.8) is 0 Å². The van der Waals surface area contributed by atoms with E-state index in [2.05, 4.69) is 20.9 Å². The second-order valence-electron chi connectivity index (χ2n) is 12.2. The van der Waals surface area contributed by atoms with Gasteiger partial charge in [-0.25, -0.2) is 9.59 Å². The number of thioether (sulfide) groups is 1. The molecule has 0 saturated carbocycles. The Hall–Kier alpha value is -2.12. The number of carbonyl (C=O) groups excluding carboxylic acids is 2. The van der Waals surface area contributed by atoms with Crippen molar-refractivity contribution in [3.05, 3.63) is 22.7 Å². The van der Waals surface area contributed by atoms with Crippen LogP contribution < -0.4 is 27.4 Å². The Morgan fingerprint density at radius 3 is 2.51 bits per heavy atom. The topological polar surface area (TPSA) is 176 Å². The number of nitrogen functional groups attached to an aromatic ring is 1. The summed E-state index contributed by atoms with van der Waals surface area (Å²) in [6, 6.07) is 2.00. The van der Waals surface area contributed by atoms with E-state index in [4.69, 9.17) is 19.5 Å². The maximum absolute atomic E-state index is 12.7. The van der Waals surface area contributed by atoms with Gasteiger partial charge in [-0.2, -0.15) is 16.7 Å². The molecule has 3 unspecified atom stereocenters. The lowest BCUT2D eigenvalue weighted by molar-refractivity contribution is -0.121. The number of carbonyl (C=O) groups is 2. The molecule has 3 amide bonds. The van der Waals surface area contributed by atoms with E-state index in [0.29, 0.717) is 18.3 Å². The minimum absolute atomic E-state index is 0.0457. The zero-order valence-electron chi connectivity index (χ0n) is 26.3. The first-order valence-corrected chi connectivity index (χ1v) is 19.4. The van der Waals surface area contributed by atoms with E-state index in [1.54, 1.807) is 6.20 Å². The van der Waals surface area contributed by atoms with E-state index < -0.39 is 19.4 Å². The molecule has 3 saturated heterocycles. The monoisotopic (exact) mass is 670 g/mol. The van der Waals surface area contributed by atoms with Crippen molar-refractivity contribution in [3.8, 4) is 0 Å². The minimum atomic E-state index is -3.26.